The number of ether oxygens (including phenoxy) is 3. The molecule has 8 heteroatoms. The summed E-state index contributed by atoms with van der Waals surface area (Å²) in [6.07, 6.45) is 0. The first kappa shape index (κ1) is 20.3. The van der Waals surface area contributed by atoms with E-state index in [2.05, 4.69) is 20.7 Å². The number of benzene rings is 3. The molecule has 0 fully saturated rings. The number of hydrogen-bond acceptors (Lipinski definition) is 6. The molecule has 0 atom stereocenters. The summed E-state index contributed by atoms with van der Waals surface area (Å²) in [6.45, 7) is 0.442. The monoisotopic (exact) mass is 457 g/mol. The predicted octanol–water partition coefficient (Wildman–Crippen LogP) is 5.52. The molecule has 0 saturated heterocycles. The van der Waals surface area contributed by atoms with E-state index in [-0.39, 0.29) is 17.0 Å². The zero-order valence-corrected chi connectivity index (χ0v) is 16.9. The number of esters is 1. The van der Waals surface area contributed by atoms with Crippen LogP contribution < -0.4 is 9.47 Å². The van der Waals surface area contributed by atoms with Gasteiger partial charge in [0.25, 0.3) is 5.69 Å². The SMILES string of the molecule is COC(=O)c1cc(Oc2ccc(OCc3ccccc3)cc2)c(Br)cc1[N+](=O)[O-]. The van der Waals surface area contributed by atoms with Crippen LogP contribution in [0.3, 0.4) is 0 Å². The van der Waals surface area contributed by atoms with Gasteiger partial charge in [-0.05, 0) is 45.8 Å². The van der Waals surface area contributed by atoms with Crippen molar-refractivity contribution in [2.75, 3.05) is 7.11 Å². The molecule has 3 aromatic carbocycles. The highest BCUT2D eigenvalue weighted by Crippen LogP contribution is 2.36. The Kier molecular flexibility index (Phi) is 6.46. The van der Waals surface area contributed by atoms with Crippen LogP contribution in [0.5, 0.6) is 17.2 Å². The summed E-state index contributed by atoms with van der Waals surface area (Å²) in [6, 6.07) is 19.2. The van der Waals surface area contributed by atoms with Crippen LogP contribution in [0.2, 0.25) is 0 Å². The summed E-state index contributed by atoms with van der Waals surface area (Å²) in [4.78, 5) is 22.4. The fraction of sp³-hybridized carbons (Fsp3) is 0.0952. The van der Waals surface area contributed by atoms with E-state index in [1.807, 2.05) is 30.3 Å². The Balaban J connectivity index is 1.75. The Bertz CT molecular complexity index is 1020. The number of methoxy groups -OCH3 is 1. The van der Waals surface area contributed by atoms with Crippen molar-refractivity contribution in [2.24, 2.45) is 0 Å². The maximum atomic E-state index is 11.9. The van der Waals surface area contributed by atoms with E-state index >= 15 is 0 Å². The van der Waals surface area contributed by atoms with Crippen molar-refractivity contribution in [1.82, 2.24) is 0 Å². The molecule has 0 aliphatic heterocycles. The zero-order chi connectivity index (χ0) is 20.8. The van der Waals surface area contributed by atoms with Crippen molar-refractivity contribution in [3.05, 3.63) is 92.4 Å². The van der Waals surface area contributed by atoms with Gasteiger partial charge in [-0.2, -0.15) is 0 Å². The highest BCUT2D eigenvalue weighted by molar-refractivity contribution is 9.10. The fourth-order valence-corrected chi connectivity index (χ4v) is 2.93. The first-order valence-electron chi connectivity index (χ1n) is 8.49. The molecule has 3 aromatic rings. The third-order valence-electron chi connectivity index (χ3n) is 3.95. The van der Waals surface area contributed by atoms with Gasteiger partial charge in [-0.15, -0.1) is 0 Å². The van der Waals surface area contributed by atoms with E-state index in [0.29, 0.717) is 22.6 Å². The minimum atomic E-state index is -0.821. The molecule has 0 aliphatic carbocycles. The van der Waals surface area contributed by atoms with Crippen LogP contribution in [0.25, 0.3) is 0 Å². The molecule has 0 aliphatic rings. The lowest BCUT2D eigenvalue weighted by Crippen LogP contribution is -2.06. The molecular weight excluding hydrogens is 442 g/mol. The number of nitrogens with zero attached hydrogens (tertiary/aromatic N) is 1. The maximum absolute atomic E-state index is 11.9. The van der Waals surface area contributed by atoms with E-state index < -0.39 is 10.9 Å². The minimum Gasteiger partial charge on any atom is -0.489 e. The van der Waals surface area contributed by atoms with Gasteiger partial charge >= 0.3 is 5.97 Å². The number of carbonyl (C=O) groups is 1. The van der Waals surface area contributed by atoms with Crippen LogP contribution in [-0.2, 0) is 11.3 Å². The quantitative estimate of drug-likeness (QED) is 0.263. The fourth-order valence-electron chi connectivity index (χ4n) is 2.52. The van der Waals surface area contributed by atoms with E-state index in [1.165, 1.54) is 12.1 Å². The second-order valence-corrected chi connectivity index (χ2v) is 6.75. The van der Waals surface area contributed by atoms with Gasteiger partial charge in [-0.1, -0.05) is 30.3 Å². The Morgan fingerprint density at radius 1 is 1.03 bits per heavy atom. The lowest BCUT2D eigenvalue weighted by atomic mass is 10.1. The van der Waals surface area contributed by atoms with Crippen molar-refractivity contribution in [2.45, 2.75) is 6.61 Å². The van der Waals surface area contributed by atoms with Crippen molar-refractivity contribution < 1.29 is 23.9 Å². The second kappa shape index (κ2) is 9.20. The lowest BCUT2D eigenvalue weighted by molar-refractivity contribution is -0.385. The summed E-state index contributed by atoms with van der Waals surface area (Å²) in [5, 5.41) is 11.2. The normalized spacial score (nSPS) is 10.3. The highest BCUT2D eigenvalue weighted by atomic mass is 79.9. The Morgan fingerprint density at radius 3 is 2.31 bits per heavy atom. The number of halogens is 1. The summed E-state index contributed by atoms with van der Waals surface area (Å²) in [5.74, 6) is 0.564. The molecule has 0 bridgehead atoms. The van der Waals surface area contributed by atoms with Gasteiger partial charge in [0, 0.05) is 12.1 Å². The molecule has 3 rings (SSSR count). The van der Waals surface area contributed by atoms with E-state index in [0.717, 1.165) is 12.7 Å². The Morgan fingerprint density at radius 2 is 1.69 bits per heavy atom. The summed E-state index contributed by atoms with van der Waals surface area (Å²) in [5.41, 5.74) is 0.484. The molecule has 0 heterocycles. The smallest absolute Gasteiger partial charge is 0.345 e. The molecular formula is C21H16BrNO6. The molecule has 0 amide bonds. The molecule has 0 spiro atoms. The first-order valence-corrected chi connectivity index (χ1v) is 9.28. The van der Waals surface area contributed by atoms with Gasteiger partial charge in [0.05, 0.1) is 16.5 Å². The van der Waals surface area contributed by atoms with Gasteiger partial charge in [-0.25, -0.2) is 4.79 Å². The van der Waals surface area contributed by atoms with Gasteiger partial charge in [-0.3, -0.25) is 10.1 Å². The zero-order valence-electron chi connectivity index (χ0n) is 15.3. The number of nitro benzene ring substituents is 1. The summed E-state index contributed by atoms with van der Waals surface area (Å²) >= 11 is 3.24. The molecule has 0 saturated carbocycles. The summed E-state index contributed by atoms with van der Waals surface area (Å²) in [7, 11) is 1.16. The van der Waals surface area contributed by atoms with Crippen LogP contribution in [0.1, 0.15) is 15.9 Å². The predicted molar refractivity (Wildman–Crippen MR) is 109 cm³/mol. The average Bonchev–Trinajstić information content (AvgIpc) is 2.74. The third kappa shape index (κ3) is 5.11. The number of nitro groups is 1. The lowest BCUT2D eigenvalue weighted by Gasteiger charge is -2.11. The number of hydrogen-bond donors (Lipinski definition) is 0. The largest absolute Gasteiger partial charge is 0.489 e. The number of carbonyl (C=O) groups excluding carboxylic acids is 1. The molecule has 0 unspecified atom stereocenters. The first-order chi connectivity index (χ1) is 14.0. The molecule has 0 N–H and O–H groups in total. The molecule has 148 valence electrons. The van der Waals surface area contributed by atoms with E-state index in [9.17, 15) is 14.9 Å². The van der Waals surface area contributed by atoms with Crippen molar-refractivity contribution in [1.29, 1.82) is 0 Å². The van der Waals surface area contributed by atoms with E-state index in [4.69, 9.17) is 9.47 Å². The van der Waals surface area contributed by atoms with Crippen molar-refractivity contribution >= 4 is 27.6 Å². The molecule has 0 aromatic heterocycles. The van der Waals surface area contributed by atoms with Gasteiger partial charge in [0.15, 0.2) is 0 Å². The topological polar surface area (TPSA) is 87.9 Å². The Labute approximate surface area is 175 Å². The van der Waals surface area contributed by atoms with Gasteiger partial charge in [0.2, 0.25) is 0 Å². The Hall–Kier alpha value is -3.39. The van der Waals surface area contributed by atoms with Crippen LogP contribution in [0, 0.1) is 10.1 Å². The number of rotatable bonds is 7. The standard InChI is InChI=1S/C21H16BrNO6/c1-27-21(24)17-11-20(18(22)12-19(17)23(25)26)29-16-9-7-15(8-10-16)28-13-14-5-3-2-4-6-14/h2-12H,13H2,1H3. The highest BCUT2D eigenvalue weighted by Gasteiger charge is 2.24. The van der Waals surface area contributed by atoms with Crippen molar-refractivity contribution in [3.8, 4) is 17.2 Å². The van der Waals surface area contributed by atoms with Gasteiger partial charge in [0.1, 0.15) is 29.4 Å². The molecule has 7 nitrogen and oxygen atoms in total. The third-order valence-corrected chi connectivity index (χ3v) is 4.57. The average molecular weight is 458 g/mol. The maximum Gasteiger partial charge on any atom is 0.345 e. The van der Waals surface area contributed by atoms with Crippen LogP contribution in [0.4, 0.5) is 5.69 Å². The van der Waals surface area contributed by atoms with Crippen LogP contribution >= 0.6 is 15.9 Å². The van der Waals surface area contributed by atoms with Crippen LogP contribution in [-0.4, -0.2) is 18.0 Å². The van der Waals surface area contributed by atoms with E-state index in [1.54, 1.807) is 24.3 Å². The minimum absolute atomic E-state index is 0.196. The summed E-state index contributed by atoms with van der Waals surface area (Å²) < 4.78 is 16.4. The second-order valence-electron chi connectivity index (χ2n) is 5.90. The van der Waals surface area contributed by atoms with Crippen molar-refractivity contribution in [3.63, 3.8) is 0 Å². The molecule has 29 heavy (non-hydrogen) atoms. The molecule has 0 radical (unpaired) electrons. The van der Waals surface area contributed by atoms with Gasteiger partial charge < -0.3 is 14.2 Å². The van der Waals surface area contributed by atoms with Crippen LogP contribution in [0.15, 0.2) is 71.2 Å².